The van der Waals surface area contributed by atoms with Crippen molar-refractivity contribution in [3.8, 4) is 0 Å². The molecule has 3 aliphatic heterocycles. The molecule has 2 saturated heterocycles. The number of benzene rings is 2. The van der Waals surface area contributed by atoms with Crippen molar-refractivity contribution in [2.45, 2.75) is 37.5 Å². The van der Waals surface area contributed by atoms with Crippen molar-refractivity contribution in [1.82, 2.24) is 15.1 Å². The zero-order valence-electron chi connectivity index (χ0n) is 18.0. The molecule has 3 heterocycles. The molecule has 31 heavy (non-hydrogen) atoms. The molecule has 5 rings (SSSR count). The highest BCUT2D eigenvalue weighted by Crippen LogP contribution is 2.49. The van der Waals surface area contributed by atoms with E-state index in [1.807, 2.05) is 23.1 Å². The minimum absolute atomic E-state index is 0.0787. The molecule has 1 unspecified atom stereocenters. The number of piperidine rings is 1. The Bertz CT molecular complexity index is 868. The third-order valence-electron chi connectivity index (χ3n) is 7.14. The number of anilines is 2. The van der Waals surface area contributed by atoms with Crippen LogP contribution >= 0.6 is 0 Å². The van der Waals surface area contributed by atoms with Crippen LogP contribution in [0.25, 0.3) is 0 Å². The first-order chi connectivity index (χ1) is 15.2. The van der Waals surface area contributed by atoms with E-state index in [2.05, 4.69) is 33.3 Å². The summed E-state index contributed by atoms with van der Waals surface area (Å²) in [6.45, 7) is 7.06. The van der Waals surface area contributed by atoms with Gasteiger partial charge in [0.1, 0.15) is 5.82 Å². The van der Waals surface area contributed by atoms with Crippen LogP contribution in [0.5, 0.6) is 0 Å². The van der Waals surface area contributed by atoms with Gasteiger partial charge in [0.2, 0.25) is 0 Å². The number of likely N-dealkylation sites (tertiary alicyclic amines) is 1. The van der Waals surface area contributed by atoms with Crippen LogP contribution in [0.15, 0.2) is 48.5 Å². The van der Waals surface area contributed by atoms with Crippen molar-refractivity contribution in [3.63, 3.8) is 0 Å². The van der Waals surface area contributed by atoms with Crippen molar-refractivity contribution in [1.29, 1.82) is 0 Å². The van der Waals surface area contributed by atoms with Gasteiger partial charge < -0.3 is 15.1 Å². The number of halogens is 2. The van der Waals surface area contributed by atoms with E-state index in [-0.39, 0.29) is 17.8 Å². The molecule has 0 saturated carbocycles. The molecule has 166 valence electrons. The summed E-state index contributed by atoms with van der Waals surface area (Å²) in [6, 6.07) is 15.1. The summed E-state index contributed by atoms with van der Waals surface area (Å²) >= 11 is 0. The van der Waals surface area contributed by atoms with Crippen LogP contribution in [-0.2, 0) is 0 Å². The Morgan fingerprint density at radius 3 is 2.48 bits per heavy atom. The van der Waals surface area contributed by atoms with Crippen LogP contribution in [0.3, 0.4) is 0 Å². The second-order valence-electron chi connectivity index (χ2n) is 9.04. The molecule has 0 aliphatic carbocycles. The van der Waals surface area contributed by atoms with E-state index in [1.54, 1.807) is 0 Å². The fourth-order valence-electron chi connectivity index (χ4n) is 5.54. The second kappa shape index (κ2) is 9.23. The van der Waals surface area contributed by atoms with Gasteiger partial charge in [0.05, 0.1) is 0 Å². The number of nitrogens with one attached hydrogen (secondary N) is 1. The molecule has 4 nitrogen and oxygen atoms in total. The molecule has 0 amide bonds. The third kappa shape index (κ3) is 4.34. The first-order valence-corrected chi connectivity index (χ1v) is 11.7. The van der Waals surface area contributed by atoms with Crippen LogP contribution in [0, 0.1) is 5.82 Å². The number of piperazine rings is 1. The molecule has 0 radical (unpaired) electrons. The van der Waals surface area contributed by atoms with Crippen molar-refractivity contribution in [2.24, 2.45) is 0 Å². The lowest BCUT2D eigenvalue weighted by Gasteiger charge is -2.41. The Labute approximate surface area is 183 Å². The highest BCUT2D eigenvalue weighted by molar-refractivity contribution is 5.73. The molecule has 0 aromatic heterocycles. The van der Waals surface area contributed by atoms with E-state index in [9.17, 15) is 4.39 Å². The number of para-hydroxylation sites is 1. The van der Waals surface area contributed by atoms with E-state index in [1.165, 1.54) is 17.7 Å². The van der Waals surface area contributed by atoms with Crippen LogP contribution in [0.1, 0.15) is 30.7 Å². The minimum atomic E-state index is -0.933. The molecule has 6 heteroatoms. The lowest BCUT2D eigenvalue weighted by atomic mass is 9.88. The van der Waals surface area contributed by atoms with Gasteiger partial charge in [-0.3, -0.25) is 4.90 Å². The van der Waals surface area contributed by atoms with Gasteiger partial charge in [0, 0.05) is 69.0 Å². The molecule has 0 spiro atoms. The second-order valence-corrected chi connectivity index (χ2v) is 9.04. The largest absolute Gasteiger partial charge is 0.337 e. The van der Waals surface area contributed by atoms with Gasteiger partial charge in [-0.2, -0.15) is 0 Å². The van der Waals surface area contributed by atoms with E-state index in [0.717, 1.165) is 70.0 Å². The summed E-state index contributed by atoms with van der Waals surface area (Å²) in [7, 11) is 0. The maximum Gasteiger partial charge on any atom is 0.155 e. The SMILES string of the molecule is Fc1ccc(N2c3ccccc3[C@@H]3CN(CCCCN4CCNCC4)C(F)C[C@H]32)cc1. The van der Waals surface area contributed by atoms with Crippen molar-refractivity contribution in [3.05, 3.63) is 59.9 Å². The van der Waals surface area contributed by atoms with Crippen molar-refractivity contribution >= 4 is 11.4 Å². The number of hydrogen-bond acceptors (Lipinski definition) is 4. The van der Waals surface area contributed by atoms with Gasteiger partial charge in [-0.25, -0.2) is 8.78 Å². The smallest absolute Gasteiger partial charge is 0.155 e. The Balaban J connectivity index is 1.26. The number of rotatable bonds is 6. The topological polar surface area (TPSA) is 21.8 Å². The average molecular weight is 427 g/mol. The van der Waals surface area contributed by atoms with Crippen molar-refractivity contribution < 1.29 is 8.78 Å². The standard InChI is InChI=1S/C25H32F2N4/c26-19-7-9-20(10-8-19)31-23-6-2-1-5-21(23)22-18-30(25(27)17-24(22)31)14-4-3-13-29-15-11-28-12-16-29/h1-2,5-10,22,24-25,28H,3-4,11-18H2/t22-,24+,25?/m0/s1. The molecule has 0 bridgehead atoms. The lowest BCUT2D eigenvalue weighted by molar-refractivity contribution is 0.0289. The Hall–Kier alpha value is -2.02. The monoisotopic (exact) mass is 426 g/mol. The summed E-state index contributed by atoms with van der Waals surface area (Å²) < 4.78 is 28.8. The normalized spacial score (nSPS) is 26.6. The predicted molar refractivity (Wildman–Crippen MR) is 121 cm³/mol. The van der Waals surface area contributed by atoms with E-state index < -0.39 is 6.30 Å². The Morgan fingerprint density at radius 2 is 1.68 bits per heavy atom. The lowest BCUT2D eigenvalue weighted by Crippen LogP contribution is -2.49. The fraction of sp³-hybridized carbons (Fsp3) is 0.520. The fourth-order valence-corrected chi connectivity index (χ4v) is 5.54. The molecule has 3 aliphatic rings. The van der Waals surface area contributed by atoms with Gasteiger partial charge in [0.15, 0.2) is 6.30 Å². The molecule has 1 N–H and O–H groups in total. The third-order valence-corrected chi connectivity index (χ3v) is 7.14. The van der Waals surface area contributed by atoms with Gasteiger partial charge in [-0.05, 0) is 55.3 Å². The van der Waals surface area contributed by atoms with E-state index in [0.29, 0.717) is 6.42 Å². The zero-order chi connectivity index (χ0) is 21.2. The highest BCUT2D eigenvalue weighted by atomic mass is 19.1. The van der Waals surface area contributed by atoms with E-state index >= 15 is 4.39 Å². The highest BCUT2D eigenvalue weighted by Gasteiger charge is 2.45. The van der Waals surface area contributed by atoms with Crippen LogP contribution < -0.4 is 10.2 Å². The quantitative estimate of drug-likeness (QED) is 0.554. The van der Waals surface area contributed by atoms with Crippen LogP contribution in [-0.4, -0.2) is 68.0 Å². The van der Waals surface area contributed by atoms with E-state index in [4.69, 9.17) is 0 Å². The van der Waals surface area contributed by atoms with Gasteiger partial charge in [0.25, 0.3) is 0 Å². The van der Waals surface area contributed by atoms with Gasteiger partial charge >= 0.3 is 0 Å². The van der Waals surface area contributed by atoms with Crippen LogP contribution in [0.2, 0.25) is 0 Å². The number of unbranched alkanes of at least 4 members (excludes halogenated alkanes) is 1. The summed E-state index contributed by atoms with van der Waals surface area (Å²) in [5, 5.41) is 3.39. The summed E-state index contributed by atoms with van der Waals surface area (Å²) in [5.74, 6) is 0.0354. The predicted octanol–water partition coefficient (Wildman–Crippen LogP) is 4.12. The first kappa shape index (κ1) is 20.9. The summed E-state index contributed by atoms with van der Waals surface area (Å²) in [5.41, 5.74) is 3.37. The average Bonchev–Trinajstić information content (AvgIpc) is 3.11. The number of nitrogens with zero attached hydrogens (tertiary/aromatic N) is 3. The summed E-state index contributed by atoms with van der Waals surface area (Å²) in [6.07, 6.45) is 1.70. The minimum Gasteiger partial charge on any atom is -0.337 e. The summed E-state index contributed by atoms with van der Waals surface area (Å²) in [4.78, 5) is 6.78. The van der Waals surface area contributed by atoms with Gasteiger partial charge in [-0.15, -0.1) is 0 Å². The molecule has 3 atom stereocenters. The number of hydrogen-bond donors (Lipinski definition) is 1. The van der Waals surface area contributed by atoms with Gasteiger partial charge in [-0.1, -0.05) is 18.2 Å². The molecular formula is C25H32F2N4. The van der Waals surface area contributed by atoms with Crippen LogP contribution in [0.4, 0.5) is 20.2 Å². The Kier molecular flexibility index (Phi) is 6.21. The first-order valence-electron chi connectivity index (χ1n) is 11.7. The zero-order valence-corrected chi connectivity index (χ0v) is 18.0. The molecule has 2 fully saturated rings. The Morgan fingerprint density at radius 1 is 0.935 bits per heavy atom. The molecular weight excluding hydrogens is 394 g/mol. The molecule has 2 aromatic carbocycles. The number of fused-ring (bicyclic) bond motifs is 3. The maximum absolute atomic E-state index is 15.3. The number of alkyl halides is 1. The molecule has 2 aromatic rings. The maximum atomic E-state index is 15.3. The van der Waals surface area contributed by atoms with Crippen molar-refractivity contribution in [2.75, 3.05) is 50.7 Å².